The number of benzene rings is 1. The lowest BCUT2D eigenvalue weighted by Crippen LogP contribution is -2.50. The molecule has 0 unspecified atom stereocenters. The molecule has 0 aromatic heterocycles. The van der Waals surface area contributed by atoms with Gasteiger partial charge in [-0.15, -0.1) is 0 Å². The van der Waals surface area contributed by atoms with E-state index in [0.717, 1.165) is 18.5 Å². The van der Waals surface area contributed by atoms with Gasteiger partial charge in [-0.2, -0.15) is 0 Å². The van der Waals surface area contributed by atoms with Gasteiger partial charge in [0.15, 0.2) is 0 Å². The van der Waals surface area contributed by atoms with Crippen LogP contribution in [-0.2, 0) is 4.79 Å². The van der Waals surface area contributed by atoms with Crippen molar-refractivity contribution in [1.29, 1.82) is 0 Å². The SMILES string of the molecule is COc1cccc(N2C[C@H](NC(=O)N[C@@H]3C[C@@H](C)CC(C)(C)C3)CC2=O)c1. The summed E-state index contributed by atoms with van der Waals surface area (Å²) in [4.78, 5) is 26.6. The predicted molar refractivity (Wildman–Crippen MR) is 106 cm³/mol. The Morgan fingerprint density at radius 2 is 1.96 bits per heavy atom. The van der Waals surface area contributed by atoms with E-state index in [1.807, 2.05) is 24.3 Å². The molecule has 0 radical (unpaired) electrons. The molecule has 1 saturated carbocycles. The zero-order valence-corrected chi connectivity index (χ0v) is 16.7. The van der Waals surface area contributed by atoms with E-state index in [1.165, 1.54) is 6.42 Å². The minimum Gasteiger partial charge on any atom is -0.497 e. The molecule has 2 N–H and O–H groups in total. The molecule has 1 heterocycles. The Kier molecular flexibility index (Phi) is 5.63. The Morgan fingerprint density at radius 1 is 1.22 bits per heavy atom. The first-order valence-corrected chi connectivity index (χ1v) is 9.77. The maximum atomic E-state index is 12.5. The van der Waals surface area contributed by atoms with Crippen molar-refractivity contribution in [2.45, 2.75) is 58.5 Å². The second-order valence-corrected chi connectivity index (χ2v) is 8.83. The topological polar surface area (TPSA) is 70.7 Å². The molecule has 148 valence electrons. The summed E-state index contributed by atoms with van der Waals surface area (Å²) in [6, 6.07) is 7.27. The molecule has 2 fully saturated rings. The lowest BCUT2D eigenvalue weighted by molar-refractivity contribution is -0.117. The summed E-state index contributed by atoms with van der Waals surface area (Å²) < 4.78 is 5.23. The van der Waals surface area contributed by atoms with Gasteiger partial charge >= 0.3 is 6.03 Å². The van der Waals surface area contributed by atoms with Crippen molar-refractivity contribution < 1.29 is 14.3 Å². The molecule has 6 nitrogen and oxygen atoms in total. The van der Waals surface area contributed by atoms with Crippen LogP contribution in [0.25, 0.3) is 0 Å². The zero-order chi connectivity index (χ0) is 19.6. The largest absolute Gasteiger partial charge is 0.497 e. The van der Waals surface area contributed by atoms with Crippen LogP contribution in [-0.4, -0.2) is 37.7 Å². The maximum absolute atomic E-state index is 12.5. The van der Waals surface area contributed by atoms with E-state index < -0.39 is 0 Å². The van der Waals surface area contributed by atoms with E-state index in [0.29, 0.717) is 24.6 Å². The lowest BCUT2D eigenvalue weighted by atomic mass is 9.71. The quantitative estimate of drug-likeness (QED) is 0.851. The smallest absolute Gasteiger partial charge is 0.315 e. The minimum atomic E-state index is -0.183. The fourth-order valence-corrected chi connectivity index (χ4v) is 4.70. The van der Waals surface area contributed by atoms with Crippen LogP contribution in [0.1, 0.15) is 46.5 Å². The molecule has 2 aliphatic rings. The lowest BCUT2D eigenvalue weighted by Gasteiger charge is -2.39. The summed E-state index contributed by atoms with van der Waals surface area (Å²) in [5, 5.41) is 6.10. The first-order valence-electron chi connectivity index (χ1n) is 9.77. The number of carbonyl (C=O) groups is 2. The number of carbonyl (C=O) groups excluding carboxylic acids is 2. The van der Waals surface area contributed by atoms with Crippen molar-refractivity contribution >= 4 is 17.6 Å². The maximum Gasteiger partial charge on any atom is 0.315 e. The molecule has 6 heteroatoms. The first-order chi connectivity index (χ1) is 12.8. The van der Waals surface area contributed by atoms with Gasteiger partial charge in [0.25, 0.3) is 0 Å². The van der Waals surface area contributed by atoms with Crippen LogP contribution in [0.4, 0.5) is 10.5 Å². The average molecular weight is 373 g/mol. The molecular weight excluding hydrogens is 342 g/mol. The fourth-order valence-electron chi connectivity index (χ4n) is 4.70. The Bertz CT molecular complexity index is 704. The molecule has 3 atom stereocenters. The molecule has 27 heavy (non-hydrogen) atoms. The summed E-state index contributed by atoms with van der Waals surface area (Å²) >= 11 is 0. The first kappa shape index (κ1) is 19.5. The molecule has 1 aliphatic carbocycles. The number of amides is 3. The molecule has 0 bridgehead atoms. The molecule has 1 aromatic carbocycles. The third-order valence-electron chi connectivity index (χ3n) is 5.55. The Labute approximate surface area is 161 Å². The van der Waals surface area contributed by atoms with Crippen LogP contribution < -0.4 is 20.3 Å². The van der Waals surface area contributed by atoms with E-state index in [1.54, 1.807) is 12.0 Å². The van der Waals surface area contributed by atoms with Gasteiger partial charge in [-0.25, -0.2) is 4.79 Å². The second kappa shape index (κ2) is 7.79. The second-order valence-electron chi connectivity index (χ2n) is 8.83. The summed E-state index contributed by atoms with van der Waals surface area (Å²) in [6.07, 6.45) is 3.51. The highest BCUT2D eigenvalue weighted by atomic mass is 16.5. The van der Waals surface area contributed by atoms with Crippen molar-refractivity contribution in [2.75, 3.05) is 18.6 Å². The van der Waals surface area contributed by atoms with Crippen molar-refractivity contribution in [2.24, 2.45) is 11.3 Å². The van der Waals surface area contributed by atoms with E-state index in [4.69, 9.17) is 4.74 Å². The number of methoxy groups -OCH3 is 1. The molecular formula is C21H31N3O3. The summed E-state index contributed by atoms with van der Waals surface area (Å²) in [5.74, 6) is 1.33. The van der Waals surface area contributed by atoms with Gasteiger partial charge in [0.1, 0.15) is 5.75 Å². The average Bonchev–Trinajstić information content (AvgIpc) is 2.93. The molecule has 3 rings (SSSR count). The van der Waals surface area contributed by atoms with E-state index >= 15 is 0 Å². The summed E-state index contributed by atoms with van der Waals surface area (Å²) in [6.45, 7) is 7.24. The van der Waals surface area contributed by atoms with Gasteiger partial charge in [0, 0.05) is 30.8 Å². The van der Waals surface area contributed by atoms with Crippen molar-refractivity contribution in [1.82, 2.24) is 10.6 Å². The number of hydrogen-bond acceptors (Lipinski definition) is 3. The summed E-state index contributed by atoms with van der Waals surface area (Å²) in [5.41, 5.74) is 1.05. The third-order valence-corrected chi connectivity index (χ3v) is 5.55. The molecule has 1 aliphatic heterocycles. The number of rotatable bonds is 4. The van der Waals surface area contributed by atoms with Gasteiger partial charge in [0.2, 0.25) is 5.91 Å². The molecule has 3 amide bonds. The number of urea groups is 1. The van der Waals surface area contributed by atoms with E-state index in [2.05, 4.69) is 31.4 Å². The fraction of sp³-hybridized carbons (Fsp3) is 0.619. The number of hydrogen-bond donors (Lipinski definition) is 2. The zero-order valence-electron chi connectivity index (χ0n) is 16.7. The van der Waals surface area contributed by atoms with Crippen LogP contribution in [0.2, 0.25) is 0 Å². The van der Waals surface area contributed by atoms with Gasteiger partial charge in [0.05, 0.1) is 13.2 Å². The van der Waals surface area contributed by atoms with E-state index in [-0.39, 0.29) is 29.4 Å². The predicted octanol–water partition coefficient (Wildman–Crippen LogP) is 3.31. The van der Waals surface area contributed by atoms with Crippen molar-refractivity contribution in [3.05, 3.63) is 24.3 Å². The highest BCUT2D eigenvalue weighted by Crippen LogP contribution is 2.38. The van der Waals surface area contributed by atoms with Gasteiger partial charge in [-0.1, -0.05) is 26.8 Å². The monoisotopic (exact) mass is 373 g/mol. The number of anilines is 1. The minimum absolute atomic E-state index is 0.0148. The Balaban J connectivity index is 1.55. The van der Waals surface area contributed by atoms with Gasteiger partial charge < -0.3 is 20.3 Å². The number of ether oxygens (including phenoxy) is 1. The van der Waals surface area contributed by atoms with Crippen LogP contribution in [0.5, 0.6) is 5.75 Å². The van der Waals surface area contributed by atoms with Gasteiger partial charge in [-0.05, 0) is 42.7 Å². The Hall–Kier alpha value is -2.24. The highest BCUT2D eigenvalue weighted by molar-refractivity contribution is 5.97. The van der Waals surface area contributed by atoms with Crippen LogP contribution >= 0.6 is 0 Å². The van der Waals surface area contributed by atoms with Gasteiger partial charge in [-0.3, -0.25) is 4.79 Å². The third kappa shape index (κ3) is 4.93. The van der Waals surface area contributed by atoms with Crippen LogP contribution in [0.3, 0.4) is 0 Å². The standard InChI is InChI=1S/C21H31N3O3/c1-14-8-15(12-21(2,3)11-14)22-20(26)23-16-9-19(25)24(13-16)17-6-5-7-18(10-17)27-4/h5-7,10,14-16H,8-9,11-13H2,1-4H3,(H2,22,23,26)/t14-,15-,16-/m1/s1. The highest BCUT2D eigenvalue weighted by Gasteiger charge is 2.35. The van der Waals surface area contributed by atoms with Crippen LogP contribution in [0, 0.1) is 11.3 Å². The van der Waals surface area contributed by atoms with Crippen LogP contribution in [0.15, 0.2) is 24.3 Å². The number of nitrogens with one attached hydrogen (secondary N) is 2. The molecule has 0 spiro atoms. The Morgan fingerprint density at radius 3 is 2.67 bits per heavy atom. The molecule has 1 saturated heterocycles. The normalized spacial score (nSPS) is 27.3. The molecule has 1 aromatic rings. The van der Waals surface area contributed by atoms with E-state index in [9.17, 15) is 9.59 Å². The van der Waals surface area contributed by atoms with Crippen molar-refractivity contribution in [3.63, 3.8) is 0 Å². The van der Waals surface area contributed by atoms with Crippen molar-refractivity contribution in [3.8, 4) is 5.75 Å². The summed E-state index contributed by atoms with van der Waals surface area (Å²) in [7, 11) is 1.60. The number of nitrogens with zero attached hydrogens (tertiary/aromatic N) is 1.